The predicted octanol–water partition coefficient (Wildman–Crippen LogP) is 2.56. The second-order valence-corrected chi connectivity index (χ2v) is 5.63. The summed E-state index contributed by atoms with van der Waals surface area (Å²) in [5.41, 5.74) is 0.378. The van der Waals surface area contributed by atoms with Gasteiger partial charge in [-0.05, 0) is 38.9 Å². The zero-order valence-corrected chi connectivity index (χ0v) is 13.2. The molecule has 4 nitrogen and oxygen atoms in total. The van der Waals surface area contributed by atoms with Crippen LogP contribution in [-0.4, -0.2) is 30.9 Å². The average molecular weight is 287 g/mol. The maximum absolute atomic E-state index is 11.9. The molecule has 0 heterocycles. The molecule has 0 radical (unpaired) electrons. The summed E-state index contributed by atoms with van der Waals surface area (Å²) < 4.78 is 0. The highest BCUT2D eigenvalue weighted by atomic mass is 16.2. The van der Waals surface area contributed by atoms with E-state index in [0.29, 0.717) is 13.0 Å². The minimum atomic E-state index is -0.907. The van der Waals surface area contributed by atoms with Gasteiger partial charge in [0.2, 0.25) is 5.91 Å². The van der Waals surface area contributed by atoms with Crippen molar-refractivity contribution in [3.05, 3.63) is 35.9 Å². The average Bonchev–Trinajstić information content (AvgIpc) is 2.51. The third kappa shape index (κ3) is 5.57. The first-order chi connectivity index (χ1) is 10.0. The van der Waals surface area contributed by atoms with Crippen LogP contribution in [-0.2, 0) is 11.3 Å². The molecule has 1 aromatic carbocycles. The van der Waals surface area contributed by atoms with Gasteiger partial charge in [0, 0.05) is 13.1 Å². The number of nitriles is 1. The summed E-state index contributed by atoms with van der Waals surface area (Å²) in [6.07, 6.45) is 1.41. The molecule has 0 aliphatic heterocycles. The second kappa shape index (κ2) is 8.43. The van der Waals surface area contributed by atoms with Crippen LogP contribution in [0.3, 0.4) is 0 Å². The molecule has 1 rings (SSSR count). The van der Waals surface area contributed by atoms with Crippen molar-refractivity contribution in [3.63, 3.8) is 0 Å². The van der Waals surface area contributed by atoms with Gasteiger partial charge in [0.25, 0.3) is 0 Å². The standard InChI is InChI=1S/C17H25N3O/c1-4-17(2,14-18)16(21)19-11-8-12-20(3)13-15-9-6-5-7-10-15/h5-7,9-10H,4,8,11-13H2,1-3H3,(H,19,21). The molecular formula is C17H25N3O. The molecule has 1 N–H and O–H groups in total. The fraction of sp³-hybridized carbons (Fsp3) is 0.529. The van der Waals surface area contributed by atoms with Crippen LogP contribution in [0.2, 0.25) is 0 Å². The second-order valence-electron chi connectivity index (χ2n) is 5.63. The van der Waals surface area contributed by atoms with E-state index in [9.17, 15) is 4.79 Å². The number of hydrogen-bond donors (Lipinski definition) is 1. The molecule has 1 aromatic rings. The number of rotatable bonds is 8. The van der Waals surface area contributed by atoms with Crippen molar-refractivity contribution in [2.24, 2.45) is 5.41 Å². The Balaban J connectivity index is 2.25. The number of carbonyl (C=O) groups is 1. The predicted molar refractivity (Wildman–Crippen MR) is 84.4 cm³/mol. The van der Waals surface area contributed by atoms with Crippen LogP contribution in [0.4, 0.5) is 0 Å². The summed E-state index contributed by atoms with van der Waals surface area (Å²) >= 11 is 0. The number of carbonyl (C=O) groups excluding carboxylic acids is 1. The van der Waals surface area contributed by atoms with Crippen molar-refractivity contribution >= 4 is 5.91 Å². The van der Waals surface area contributed by atoms with Crippen molar-refractivity contribution in [1.82, 2.24) is 10.2 Å². The Morgan fingerprint density at radius 1 is 1.38 bits per heavy atom. The summed E-state index contributed by atoms with van der Waals surface area (Å²) in [5, 5.41) is 11.9. The fourth-order valence-electron chi connectivity index (χ4n) is 2.01. The van der Waals surface area contributed by atoms with Gasteiger partial charge in [0.15, 0.2) is 0 Å². The zero-order chi connectivity index (χ0) is 15.7. The maximum Gasteiger partial charge on any atom is 0.240 e. The number of hydrogen-bond acceptors (Lipinski definition) is 3. The number of nitrogens with one attached hydrogen (secondary N) is 1. The first kappa shape index (κ1) is 17.2. The maximum atomic E-state index is 11.9. The normalized spacial score (nSPS) is 13.5. The Kier molecular flexibility index (Phi) is 6.90. The fourth-order valence-corrected chi connectivity index (χ4v) is 2.01. The summed E-state index contributed by atoms with van der Waals surface area (Å²) in [4.78, 5) is 14.1. The molecule has 0 aliphatic carbocycles. The minimum Gasteiger partial charge on any atom is -0.355 e. The Morgan fingerprint density at radius 3 is 2.62 bits per heavy atom. The van der Waals surface area contributed by atoms with E-state index in [1.165, 1.54) is 5.56 Å². The van der Waals surface area contributed by atoms with Crippen LogP contribution in [0.1, 0.15) is 32.3 Å². The minimum absolute atomic E-state index is 0.168. The first-order valence-corrected chi connectivity index (χ1v) is 7.44. The SMILES string of the molecule is CCC(C)(C#N)C(=O)NCCCN(C)Cc1ccccc1. The number of benzene rings is 1. The van der Waals surface area contributed by atoms with E-state index in [-0.39, 0.29) is 5.91 Å². The lowest BCUT2D eigenvalue weighted by Gasteiger charge is -2.20. The molecule has 0 spiro atoms. The zero-order valence-electron chi connectivity index (χ0n) is 13.2. The molecule has 0 saturated carbocycles. The van der Waals surface area contributed by atoms with Crippen LogP contribution >= 0.6 is 0 Å². The lowest BCUT2D eigenvalue weighted by atomic mass is 9.88. The van der Waals surface area contributed by atoms with Crippen molar-refractivity contribution in [2.45, 2.75) is 33.2 Å². The molecule has 1 atom stereocenters. The molecule has 4 heteroatoms. The van der Waals surface area contributed by atoms with E-state index in [0.717, 1.165) is 19.5 Å². The Bertz CT molecular complexity index is 481. The van der Waals surface area contributed by atoms with E-state index in [1.54, 1.807) is 6.92 Å². The van der Waals surface area contributed by atoms with Gasteiger partial charge >= 0.3 is 0 Å². The van der Waals surface area contributed by atoms with E-state index < -0.39 is 5.41 Å². The highest BCUT2D eigenvalue weighted by Gasteiger charge is 2.30. The lowest BCUT2D eigenvalue weighted by molar-refractivity contribution is -0.127. The van der Waals surface area contributed by atoms with Gasteiger partial charge in [-0.3, -0.25) is 4.79 Å². The Morgan fingerprint density at radius 2 is 2.05 bits per heavy atom. The molecule has 21 heavy (non-hydrogen) atoms. The molecular weight excluding hydrogens is 262 g/mol. The van der Waals surface area contributed by atoms with E-state index in [1.807, 2.05) is 25.1 Å². The van der Waals surface area contributed by atoms with E-state index in [2.05, 4.69) is 35.5 Å². The van der Waals surface area contributed by atoms with Crippen molar-refractivity contribution < 1.29 is 4.79 Å². The molecule has 114 valence electrons. The topological polar surface area (TPSA) is 56.1 Å². The highest BCUT2D eigenvalue weighted by molar-refractivity contribution is 5.84. The van der Waals surface area contributed by atoms with Gasteiger partial charge in [-0.2, -0.15) is 5.26 Å². The summed E-state index contributed by atoms with van der Waals surface area (Å²) in [7, 11) is 2.07. The summed E-state index contributed by atoms with van der Waals surface area (Å²) in [6.45, 7) is 5.96. The highest BCUT2D eigenvalue weighted by Crippen LogP contribution is 2.19. The van der Waals surface area contributed by atoms with Crippen LogP contribution in [0.5, 0.6) is 0 Å². The van der Waals surface area contributed by atoms with Gasteiger partial charge in [-0.25, -0.2) is 0 Å². The van der Waals surface area contributed by atoms with Gasteiger partial charge in [0.05, 0.1) is 6.07 Å². The van der Waals surface area contributed by atoms with Crippen molar-refractivity contribution in [1.29, 1.82) is 5.26 Å². The molecule has 0 aliphatic rings. The number of amides is 1. The third-order valence-electron chi connectivity index (χ3n) is 3.75. The molecule has 0 saturated heterocycles. The molecule has 1 unspecified atom stereocenters. The van der Waals surface area contributed by atoms with Crippen molar-refractivity contribution in [2.75, 3.05) is 20.1 Å². The summed E-state index contributed by atoms with van der Waals surface area (Å²) in [5.74, 6) is -0.168. The van der Waals surface area contributed by atoms with E-state index >= 15 is 0 Å². The molecule has 0 fully saturated rings. The van der Waals surface area contributed by atoms with Crippen LogP contribution in [0, 0.1) is 16.7 Å². The van der Waals surface area contributed by atoms with Gasteiger partial charge in [0.1, 0.15) is 5.41 Å². The van der Waals surface area contributed by atoms with Gasteiger partial charge < -0.3 is 10.2 Å². The Labute approximate surface area is 127 Å². The third-order valence-corrected chi connectivity index (χ3v) is 3.75. The number of nitrogens with zero attached hydrogens (tertiary/aromatic N) is 2. The van der Waals surface area contributed by atoms with Crippen LogP contribution < -0.4 is 5.32 Å². The largest absolute Gasteiger partial charge is 0.355 e. The molecule has 0 bridgehead atoms. The molecule has 1 amide bonds. The van der Waals surface area contributed by atoms with Gasteiger partial charge in [-0.15, -0.1) is 0 Å². The van der Waals surface area contributed by atoms with Crippen LogP contribution in [0.25, 0.3) is 0 Å². The van der Waals surface area contributed by atoms with Gasteiger partial charge in [-0.1, -0.05) is 37.3 Å². The first-order valence-electron chi connectivity index (χ1n) is 7.44. The lowest BCUT2D eigenvalue weighted by Crippen LogP contribution is -2.38. The Hall–Kier alpha value is -1.86. The quantitative estimate of drug-likeness (QED) is 0.748. The molecule has 0 aromatic heterocycles. The van der Waals surface area contributed by atoms with Crippen molar-refractivity contribution in [3.8, 4) is 6.07 Å². The monoisotopic (exact) mass is 287 g/mol. The smallest absolute Gasteiger partial charge is 0.240 e. The van der Waals surface area contributed by atoms with E-state index in [4.69, 9.17) is 5.26 Å². The van der Waals surface area contributed by atoms with Crippen LogP contribution in [0.15, 0.2) is 30.3 Å². The summed E-state index contributed by atoms with van der Waals surface area (Å²) in [6, 6.07) is 12.4.